The van der Waals surface area contributed by atoms with Crippen LogP contribution in [0.15, 0.2) is 84.9 Å². The molecule has 5 rings (SSSR count). The van der Waals surface area contributed by atoms with Crippen molar-refractivity contribution in [3.05, 3.63) is 108 Å². The average Bonchev–Trinajstić information content (AvgIpc) is 3.21. The molecule has 4 nitrogen and oxygen atoms in total. The molecule has 7 heteroatoms. The molecule has 0 radical (unpaired) electrons. The van der Waals surface area contributed by atoms with Crippen LogP contribution >= 0.6 is 11.8 Å². The number of amides is 2. The average molecular weight is 461 g/mol. The molecule has 0 bridgehead atoms. The van der Waals surface area contributed by atoms with Crippen molar-refractivity contribution in [2.45, 2.75) is 5.37 Å². The van der Waals surface area contributed by atoms with E-state index in [1.54, 1.807) is 30.3 Å². The molecule has 1 saturated heterocycles. The molecule has 1 fully saturated rings. The fraction of sp³-hybridized carbons (Fsp3) is 0.0769. The number of nitrogens with zero attached hydrogens (tertiary/aromatic N) is 1. The molecule has 0 saturated carbocycles. The minimum Gasteiger partial charge on any atom is -0.322 e. The van der Waals surface area contributed by atoms with Crippen molar-refractivity contribution in [2.24, 2.45) is 0 Å². The summed E-state index contributed by atoms with van der Waals surface area (Å²) in [6.45, 7) is 0. The molecule has 4 aromatic rings. The van der Waals surface area contributed by atoms with Gasteiger partial charge in [0, 0.05) is 17.3 Å². The molecule has 164 valence electrons. The van der Waals surface area contributed by atoms with Gasteiger partial charge in [-0.3, -0.25) is 14.5 Å². The molecule has 1 N–H and O–H groups in total. The second-order valence-corrected chi connectivity index (χ2v) is 8.69. The molecule has 4 aromatic carbocycles. The molecule has 0 aromatic heterocycles. The normalized spacial score (nSPS) is 15.8. The molecule has 2 amide bonds. The zero-order valence-corrected chi connectivity index (χ0v) is 18.1. The Morgan fingerprint density at radius 3 is 2.52 bits per heavy atom. The number of fused-ring (bicyclic) bond motifs is 1. The molecule has 33 heavy (non-hydrogen) atoms. The van der Waals surface area contributed by atoms with Crippen LogP contribution in [-0.2, 0) is 4.79 Å². The van der Waals surface area contributed by atoms with Crippen molar-refractivity contribution in [1.29, 1.82) is 0 Å². The summed E-state index contributed by atoms with van der Waals surface area (Å²) < 4.78 is 28.1. The molecule has 0 aliphatic carbocycles. The third-order valence-corrected chi connectivity index (χ3v) is 6.74. The molecule has 1 unspecified atom stereocenters. The van der Waals surface area contributed by atoms with Gasteiger partial charge in [0.2, 0.25) is 5.91 Å². The maximum absolute atomic E-state index is 14.3. The van der Waals surface area contributed by atoms with Crippen molar-refractivity contribution in [3.8, 4) is 0 Å². The fourth-order valence-electron chi connectivity index (χ4n) is 3.95. The van der Waals surface area contributed by atoms with Crippen LogP contribution in [0.25, 0.3) is 10.8 Å². The van der Waals surface area contributed by atoms with Crippen molar-refractivity contribution >= 4 is 45.7 Å². The van der Waals surface area contributed by atoms with Crippen LogP contribution < -0.4 is 10.2 Å². The number of anilines is 2. The number of carbonyl (C=O) groups excluding carboxylic acids is 2. The topological polar surface area (TPSA) is 49.4 Å². The van der Waals surface area contributed by atoms with Crippen LogP contribution in [-0.4, -0.2) is 17.6 Å². The van der Waals surface area contributed by atoms with Gasteiger partial charge in [-0.1, -0.05) is 48.5 Å². The Hall–Kier alpha value is -3.71. The summed E-state index contributed by atoms with van der Waals surface area (Å²) in [5.74, 6) is -1.62. The highest BCUT2D eigenvalue weighted by Gasteiger charge is 2.35. The third kappa shape index (κ3) is 4.07. The smallest absolute Gasteiger partial charge is 0.256 e. The van der Waals surface area contributed by atoms with Gasteiger partial charge in [-0.25, -0.2) is 8.78 Å². The van der Waals surface area contributed by atoms with Crippen LogP contribution in [0.4, 0.5) is 20.2 Å². The van der Waals surface area contributed by atoms with Crippen molar-refractivity contribution in [1.82, 2.24) is 0 Å². The Bertz CT molecular complexity index is 1370. The molecule has 1 heterocycles. The lowest BCUT2D eigenvalue weighted by Gasteiger charge is -2.25. The number of rotatable bonds is 4. The Labute approximate surface area is 193 Å². The minimum absolute atomic E-state index is 0.0802. The van der Waals surface area contributed by atoms with E-state index in [-0.39, 0.29) is 23.3 Å². The second kappa shape index (κ2) is 8.67. The second-order valence-electron chi connectivity index (χ2n) is 7.63. The lowest BCUT2D eigenvalue weighted by Crippen LogP contribution is -2.28. The van der Waals surface area contributed by atoms with E-state index in [0.717, 1.165) is 34.5 Å². The van der Waals surface area contributed by atoms with Gasteiger partial charge in [0.25, 0.3) is 5.91 Å². The van der Waals surface area contributed by atoms with Gasteiger partial charge < -0.3 is 5.32 Å². The molecule has 0 spiro atoms. The summed E-state index contributed by atoms with van der Waals surface area (Å²) in [7, 11) is 0. The number of hydrogen-bond donors (Lipinski definition) is 1. The van der Waals surface area contributed by atoms with Crippen molar-refractivity contribution in [3.63, 3.8) is 0 Å². The number of thioether (sulfide) groups is 1. The Kier molecular flexibility index (Phi) is 5.56. The lowest BCUT2D eigenvalue weighted by atomic mass is 10.0. The number of halogens is 2. The van der Waals surface area contributed by atoms with Gasteiger partial charge >= 0.3 is 0 Å². The Morgan fingerprint density at radius 1 is 0.939 bits per heavy atom. The number of nitrogens with one attached hydrogen (secondary N) is 1. The van der Waals surface area contributed by atoms with E-state index < -0.39 is 17.0 Å². The molecular formula is C26H18F2N2O2S. The van der Waals surface area contributed by atoms with Gasteiger partial charge in [-0.2, -0.15) is 0 Å². The molecular weight excluding hydrogens is 442 g/mol. The molecule has 1 atom stereocenters. The standard InChI is InChI=1S/C26H18F2N2O2S/c27-18-10-13-22(28)23(14-18)30-24(31)15-33-26(30)17-8-11-19(12-9-17)29-25(32)21-7-3-5-16-4-1-2-6-20(16)21/h1-14,26H,15H2,(H,29,32). The first-order valence-electron chi connectivity index (χ1n) is 10.3. The zero-order valence-electron chi connectivity index (χ0n) is 17.3. The highest BCUT2D eigenvalue weighted by Crippen LogP contribution is 2.43. The zero-order chi connectivity index (χ0) is 22.9. The van der Waals surface area contributed by atoms with E-state index in [4.69, 9.17) is 0 Å². The maximum Gasteiger partial charge on any atom is 0.256 e. The highest BCUT2D eigenvalue weighted by molar-refractivity contribution is 8.00. The number of benzene rings is 4. The van der Waals surface area contributed by atoms with Gasteiger partial charge in [0.1, 0.15) is 17.0 Å². The summed E-state index contributed by atoms with van der Waals surface area (Å²) in [5, 5.41) is 4.25. The predicted octanol–water partition coefficient (Wildman–Crippen LogP) is 6.15. The predicted molar refractivity (Wildman–Crippen MR) is 127 cm³/mol. The molecule has 1 aliphatic heterocycles. The van der Waals surface area contributed by atoms with Crippen molar-refractivity contribution < 1.29 is 18.4 Å². The van der Waals surface area contributed by atoms with Crippen LogP contribution in [0.2, 0.25) is 0 Å². The van der Waals surface area contributed by atoms with Gasteiger partial charge in [0.05, 0.1) is 11.4 Å². The number of hydrogen-bond acceptors (Lipinski definition) is 3. The van der Waals surface area contributed by atoms with E-state index in [1.165, 1.54) is 16.7 Å². The summed E-state index contributed by atoms with van der Waals surface area (Å²) in [6.07, 6.45) is 0. The van der Waals surface area contributed by atoms with Crippen LogP contribution in [0.3, 0.4) is 0 Å². The minimum atomic E-state index is -0.656. The lowest BCUT2D eigenvalue weighted by molar-refractivity contribution is -0.115. The first-order chi connectivity index (χ1) is 16.0. The van der Waals surface area contributed by atoms with Crippen LogP contribution in [0.5, 0.6) is 0 Å². The number of carbonyl (C=O) groups is 2. The summed E-state index contributed by atoms with van der Waals surface area (Å²) in [5.41, 5.74) is 1.83. The van der Waals surface area contributed by atoms with Gasteiger partial charge in [-0.15, -0.1) is 11.8 Å². The Morgan fingerprint density at radius 2 is 1.70 bits per heavy atom. The van der Waals surface area contributed by atoms with Crippen LogP contribution in [0.1, 0.15) is 21.3 Å². The van der Waals surface area contributed by atoms with E-state index in [9.17, 15) is 18.4 Å². The maximum atomic E-state index is 14.3. The third-order valence-electron chi connectivity index (χ3n) is 5.52. The van der Waals surface area contributed by atoms with Gasteiger partial charge in [-0.05, 0) is 46.7 Å². The van der Waals surface area contributed by atoms with Crippen LogP contribution in [0, 0.1) is 11.6 Å². The van der Waals surface area contributed by atoms with Crippen molar-refractivity contribution in [2.75, 3.05) is 16.0 Å². The van der Waals surface area contributed by atoms with Gasteiger partial charge in [0.15, 0.2) is 0 Å². The fourth-order valence-corrected chi connectivity index (χ4v) is 5.12. The molecule has 1 aliphatic rings. The quantitative estimate of drug-likeness (QED) is 0.397. The SMILES string of the molecule is O=C(Nc1ccc(C2SCC(=O)N2c2cc(F)ccc2F)cc1)c1cccc2ccccc12. The monoisotopic (exact) mass is 460 g/mol. The van der Waals surface area contributed by atoms with E-state index in [0.29, 0.717) is 11.3 Å². The van der Waals surface area contributed by atoms with E-state index in [2.05, 4.69) is 5.32 Å². The first kappa shape index (κ1) is 21.2. The van der Waals surface area contributed by atoms with E-state index in [1.807, 2.05) is 36.4 Å². The van der Waals surface area contributed by atoms with E-state index >= 15 is 0 Å². The highest BCUT2D eigenvalue weighted by atomic mass is 32.2. The summed E-state index contributed by atoms with van der Waals surface area (Å²) in [4.78, 5) is 26.6. The summed E-state index contributed by atoms with van der Waals surface area (Å²) >= 11 is 1.34. The Balaban J connectivity index is 1.38. The summed E-state index contributed by atoms with van der Waals surface area (Å²) in [6, 6.07) is 23.3. The first-order valence-corrected chi connectivity index (χ1v) is 11.3. The largest absolute Gasteiger partial charge is 0.322 e.